The van der Waals surface area contributed by atoms with Gasteiger partial charge in [0.25, 0.3) is 0 Å². The Kier molecular flexibility index (Phi) is 5.53. The minimum atomic E-state index is -0.543. The number of carbonyl (C=O) groups is 2. The molecule has 2 atom stereocenters. The van der Waals surface area contributed by atoms with Crippen molar-refractivity contribution in [3.8, 4) is 0 Å². The summed E-state index contributed by atoms with van der Waals surface area (Å²) >= 11 is 3.46. The van der Waals surface area contributed by atoms with Crippen molar-refractivity contribution in [3.05, 3.63) is 40.5 Å². The molecule has 2 fully saturated rings. The summed E-state index contributed by atoms with van der Waals surface area (Å²) in [4.78, 5) is 31.5. The summed E-state index contributed by atoms with van der Waals surface area (Å²) in [5.74, 6) is 0.213. The van der Waals surface area contributed by atoms with Crippen LogP contribution in [0.15, 0.2) is 39.9 Å². The predicted molar refractivity (Wildman–Crippen MR) is 111 cm³/mol. The zero-order valence-electron chi connectivity index (χ0n) is 15.9. The molecule has 2 amide bonds. The Balaban J connectivity index is 1.44. The van der Waals surface area contributed by atoms with E-state index in [-0.39, 0.29) is 17.9 Å². The number of carbonyl (C=O) groups excluding carboxylic acids is 2. The second kappa shape index (κ2) is 8.07. The average molecular weight is 446 g/mol. The van der Waals surface area contributed by atoms with Crippen molar-refractivity contribution < 1.29 is 14.3 Å². The quantitative estimate of drug-likeness (QED) is 0.749. The van der Waals surface area contributed by atoms with Gasteiger partial charge in [0.2, 0.25) is 5.91 Å². The number of nitrogens with zero attached hydrogens (tertiary/aromatic N) is 2. The van der Waals surface area contributed by atoms with Gasteiger partial charge in [-0.3, -0.25) is 9.79 Å². The summed E-state index contributed by atoms with van der Waals surface area (Å²) in [5.41, 5.74) is 3.37. The van der Waals surface area contributed by atoms with Gasteiger partial charge in [0, 0.05) is 29.3 Å². The normalized spacial score (nSPS) is 22.5. The maximum atomic E-state index is 13.2. The largest absolute Gasteiger partial charge is 0.453 e. The lowest BCUT2D eigenvalue weighted by molar-refractivity contribution is -0.133. The van der Waals surface area contributed by atoms with Gasteiger partial charge in [-0.2, -0.15) is 0 Å². The highest BCUT2D eigenvalue weighted by Gasteiger charge is 2.43. The van der Waals surface area contributed by atoms with Gasteiger partial charge in [-0.15, -0.1) is 0 Å². The van der Waals surface area contributed by atoms with Crippen molar-refractivity contribution in [1.82, 2.24) is 10.2 Å². The summed E-state index contributed by atoms with van der Waals surface area (Å²) < 4.78 is 5.76. The van der Waals surface area contributed by atoms with E-state index in [1.54, 1.807) is 0 Å². The molecule has 148 valence electrons. The van der Waals surface area contributed by atoms with Crippen molar-refractivity contribution in [2.75, 3.05) is 13.7 Å². The number of hydrogen-bond acceptors (Lipinski definition) is 4. The topological polar surface area (TPSA) is 71.0 Å². The molecule has 4 rings (SSSR count). The van der Waals surface area contributed by atoms with Crippen LogP contribution in [-0.4, -0.2) is 48.4 Å². The number of benzene rings is 1. The highest BCUT2D eigenvalue weighted by Crippen LogP contribution is 2.36. The Morgan fingerprint density at radius 2 is 2.00 bits per heavy atom. The Morgan fingerprint density at radius 3 is 2.68 bits per heavy atom. The van der Waals surface area contributed by atoms with Gasteiger partial charge in [-0.1, -0.05) is 28.1 Å². The van der Waals surface area contributed by atoms with E-state index in [1.807, 2.05) is 23.2 Å². The molecule has 0 aromatic heterocycles. The van der Waals surface area contributed by atoms with Crippen LogP contribution in [0, 0.1) is 5.92 Å². The summed E-state index contributed by atoms with van der Waals surface area (Å²) in [5, 5.41) is 2.75. The molecule has 1 saturated carbocycles. The first-order chi connectivity index (χ1) is 13.6. The molecule has 0 unspecified atom stereocenters. The Hall–Kier alpha value is -2.15. The van der Waals surface area contributed by atoms with Crippen LogP contribution in [0.2, 0.25) is 0 Å². The molecule has 3 aliphatic rings. The first kappa shape index (κ1) is 19.2. The third kappa shape index (κ3) is 3.99. The van der Waals surface area contributed by atoms with Gasteiger partial charge >= 0.3 is 6.09 Å². The Morgan fingerprint density at radius 1 is 1.25 bits per heavy atom. The molecule has 1 aliphatic carbocycles. The van der Waals surface area contributed by atoms with Crippen molar-refractivity contribution in [1.29, 1.82) is 0 Å². The smallest absolute Gasteiger partial charge is 0.407 e. The van der Waals surface area contributed by atoms with Crippen LogP contribution in [0.1, 0.15) is 37.7 Å². The molecule has 1 N–H and O–H groups in total. The van der Waals surface area contributed by atoms with Crippen LogP contribution in [0.4, 0.5) is 4.79 Å². The fourth-order valence-electron chi connectivity index (χ4n) is 4.04. The SMILES string of the molecule is COC(=O)N[C@H](C(=O)N1CCC[C@H]1C1=NC=C(c2ccc(Br)cc2)C1)C1CC1. The number of rotatable bonds is 5. The van der Waals surface area contributed by atoms with Gasteiger partial charge in [0.15, 0.2) is 0 Å². The van der Waals surface area contributed by atoms with Gasteiger partial charge in [-0.05, 0) is 54.9 Å². The van der Waals surface area contributed by atoms with E-state index in [9.17, 15) is 9.59 Å². The zero-order valence-corrected chi connectivity index (χ0v) is 17.4. The lowest BCUT2D eigenvalue weighted by Crippen LogP contribution is -2.52. The monoisotopic (exact) mass is 445 g/mol. The highest BCUT2D eigenvalue weighted by molar-refractivity contribution is 9.10. The first-order valence-electron chi connectivity index (χ1n) is 9.73. The number of amides is 2. The number of likely N-dealkylation sites (tertiary alicyclic amines) is 1. The highest BCUT2D eigenvalue weighted by atomic mass is 79.9. The summed E-state index contributed by atoms with van der Waals surface area (Å²) in [6, 6.07) is 7.73. The summed E-state index contributed by atoms with van der Waals surface area (Å²) in [6.07, 6.45) is 5.95. The third-order valence-electron chi connectivity index (χ3n) is 5.71. The number of methoxy groups -OCH3 is 1. The van der Waals surface area contributed by atoms with Crippen molar-refractivity contribution in [3.63, 3.8) is 0 Å². The van der Waals surface area contributed by atoms with Crippen LogP contribution in [0.3, 0.4) is 0 Å². The van der Waals surface area contributed by atoms with E-state index in [0.717, 1.165) is 47.9 Å². The van der Waals surface area contributed by atoms with Gasteiger partial charge in [0.05, 0.1) is 13.2 Å². The van der Waals surface area contributed by atoms with Crippen molar-refractivity contribution >= 4 is 39.2 Å². The molecule has 0 spiro atoms. The van der Waals surface area contributed by atoms with E-state index in [4.69, 9.17) is 4.74 Å². The minimum absolute atomic E-state index is 0.00445. The molecule has 28 heavy (non-hydrogen) atoms. The average Bonchev–Trinajstić information content (AvgIpc) is 3.22. The second-order valence-corrected chi connectivity index (χ2v) is 8.51. The molecule has 2 aliphatic heterocycles. The van der Waals surface area contributed by atoms with Gasteiger partial charge in [0.1, 0.15) is 6.04 Å². The van der Waals surface area contributed by atoms with E-state index in [0.29, 0.717) is 6.54 Å². The number of halogens is 1. The van der Waals surface area contributed by atoms with Gasteiger partial charge in [-0.25, -0.2) is 4.79 Å². The number of nitrogens with one attached hydrogen (secondary N) is 1. The number of aliphatic imine (C=N–C) groups is 1. The minimum Gasteiger partial charge on any atom is -0.453 e. The van der Waals surface area contributed by atoms with Crippen LogP contribution in [0.25, 0.3) is 5.57 Å². The number of allylic oxidation sites excluding steroid dienone is 1. The van der Waals surface area contributed by atoms with Crippen molar-refractivity contribution in [2.24, 2.45) is 10.9 Å². The molecule has 6 nitrogen and oxygen atoms in total. The van der Waals surface area contributed by atoms with E-state index in [2.05, 4.69) is 38.4 Å². The molecular formula is C21H24BrN3O3. The molecule has 1 aromatic rings. The van der Waals surface area contributed by atoms with Gasteiger partial charge < -0.3 is 15.0 Å². The molecule has 0 bridgehead atoms. The maximum Gasteiger partial charge on any atom is 0.407 e. The fraction of sp³-hybridized carbons (Fsp3) is 0.476. The number of alkyl carbamates (subject to hydrolysis) is 1. The second-order valence-electron chi connectivity index (χ2n) is 7.60. The van der Waals surface area contributed by atoms with Crippen LogP contribution in [0.5, 0.6) is 0 Å². The number of ether oxygens (including phenoxy) is 1. The first-order valence-corrected chi connectivity index (χ1v) is 10.5. The molecule has 1 saturated heterocycles. The zero-order chi connectivity index (χ0) is 19.7. The molecule has 0 radical (unpaired) electrons. The molecular weight excluding hydrogens is 422 g/mol. The standard InChI is InChI=1S/C21H24BrN3O3/c1-28-21(27)24-19(14-4-5-14)20(26)25-10-2-3-18(25)17-11-15(12-23-17)13-6-8-16(22)9-7-13/h6-9,12,14,18-19H,2-5,10-11H2,1H3,(H,24,27)/t18-,19-/m0/s1. The Labute approximate surface area is 173 Å². The van der Waals surface area contributed by atoms with Crippen molar-refractivity contribution in [2.45, 2.75) is 44.2 Å². The van der Waals surface area contributed by atoms with E-state index < -0.39 is 12.1 Å². The lowest BCUT2D eigenvalue weighted by Gasteiger charge is -2.29. The number of hydrogen-bond donors (Lipinski definition) is 1. The summed E-state index contributed by atoms with van der Waals surface area (Å²) in [7, 11) is 1.32. The van der Waals surface area contributed by atoms with E-state index >= 15 is 0 Å². The molecule has 7 heteroatoms. The summed E-state index contributed by atoms with van der Waals surface area (Å²) in [6.45, 7) is 0.711. The molecule has 2 heterocycles. The van der Waals surface area contributed by atoms with Crippen LogP contribution in [-0.2, 0) is 9.53 Å². The third-order valence-corrected chi connectivity index (χ3v) is 6.24. The van der Waals surface area contributed by atoms with Crippen LogP contribution >= 0.6 is 15.9 Å². The lowest BCUT2D eigenvalue weighted by atomic mass is 9.98. The van der Waals surface area contributed by atoms with Crippen LogP contribution < -0.4 is 5.32 Å². The molecule has 1 aromatic carbocycles. The van der Waals surface area contributed by atoms with E-state index in [1.165, 1.54) is 12.7 Å². The fourth-order valence-corrected chi connectivity index (χ4v) is 4.31. The predicted octanol–water partition coefficient (Wildman–Crippen LogP) is 3.76. The maximum absolute atomic E-state index is 13.2. The Bertz CT molecular complexity index is 830.